The van der Waals surface area contributed by atoms with Gasteiger partial charge in [-0.3, -0.25) is 4.79 Å². The molecule has 0 amide bonds. The number of carbonyl (C=O) groups is 1. The number of hydrogen-bond donors (Lipinski definition) is 1. The van der Waals surface area contributed by atoms with E-state index >= 15 is 0 Å². The van der Waals surface area contributed by atoms with Crippen LogP contribution in [0, 0.1) is 5.92 Å². The second-order valence-corrected chi connectivity index (χ2v) is 5.64. The Morgan fingerprint density at radius 2 is 2.17 bits per heavy atom. The highest BCUT2D eigenvalue weighted by Gasteiger charge is 2.27. The number of alkyl halides is 1. The molecule has 3 rings (SSSR count). The Kier molecular flexibility index (Phi) is 4.71. The lowest BCUT2D eigenvalue weighted by Gasteiger charge is -2.20. The van der Waals surface area contributed by atoms with Gasteiger partial charge in [0, 0.05) is 6.42 Å². The van der Waals surface area contributed by atoms with Crippen molar-refractivity contribution < 1.29 is 19.1 Å². The molecular weight excluding hydrogens is 332 g/mol. The molecule has 1 aliphatic carbocycles. The molecule has 2 aromatic rings. The van der Waals surface area contributed by atoms with Crippen LogP contribution >= 0.6 is 11.6 Å². The highest BCUT2D eigenvalue weighted by atomic mass is 35.5. The lowest BCUT2D eigenvalue weighted by molar-refractivity contribution is -0.145. The topological polar surface area (TPSA) is 76.7 Å². The number of allylic oxidation sites excluding steroid dienone is 3. The van der Waals surface area contributed by atoms with Gasteiger partial charge in [-0.2, -0.15) is 0 Å². The minimum absolute atomic E-state index is 0.103. The summed E-state index contributed by atoms with van der Waals surface area (Å²) in [6, 6.07) is 6.52. The zero-order chi connectivity index (χ0) is 17.1. The highest BCUT2D eigenvalue weighted by molar-refractivity contribution is 6.17. The molecule has 0 aliphatic heterocycles. The maximum Gasteiger partial charge on any atom is 0.343 e. The number of rotatable bonds is 4. The van der Waals surface area contributed by atoms with Crippen LogP contribution in [0.15, 0.2) is 57.3 Å². The fraction of sp³-hybridized carbons (Fsp3) is 0.222. The Morgan fingerprint density at radius 1 is 1.38 bits per heavy atom. The van der Waals surface area contributed by atoms with Gasteiger partial charge < -0.3 is 14.3 Å². The van der Waals surface area contributed by atoms with E-state index in [0.717, 1.165) is 0 Å². The first-order valence-electron chi connectivity index (χ1n) is 7.43. The van der Waals surface area contributed by atoms with Crippen molar-refractivity contribution >= 4 is 28.5 Å². The maximum atomic E-state index is 12.2. The van der Waals surface area contributed by atoms with Gasteiger partial charge in [-0.05, 0) is 18.6 Å². The Hall–Kier alpha value is -2.53. The van der Waals surface area contributed by atoms with Crippen LogP contribution in [-0.2, 0) is 16.0 Å². The summed E-state index contributed by atoms with van der Waals surface area (Å²) in [7, 11) is 0. The van der Waals surface area contributed by atoms with Crippen LogP contribution in [0.1, 0.15) is 12.0 Å². The molecule has 0 saturated heterocycles. The molecule has 1 atom stereocenters. The molecule has 1 aromatic heterocycles. The Balaban J connectivity index is 1.99. The van der Waals surface area contributed by atoms with Crippen LogP contribution in [0.3, 0.4) is 0 Å². The van der Waals surface area contributed by atoms with Gasteiger partial charge in [0.25, 0.3) is 0 Å². The quantitative estimate of drug-likeness (QED) is 0.522. The van der Waals surface area contributed by atoms with Crippen LogP contribution in [0.25, 0.3) is 11.0 Å². The van der Waals surface area contributed by atoms with Crippen molar-refractivity contribution in [3.8, 4) is 5.75 Å². The molecule has 0 fully saturated rings. The molecule has 124 valence electrons. The first-order valence-corrected chi connectivity index (χ1v) is 7.97. The Labute approximate surface area is 142 Å². The molecular formula is C18H15ClO5. The number of benzene rings is 1. The zero-order valence-electron chi connectivity index (χ0n) is 12.7. The zero-order valence-corrected chi connectivity index (χ0v) is 13.5. The predicted octanol–water partition coefficient (Wildman–Crippen LogP) is 3.28. The van der Waals surface area contributed by atoms with E-state index in [9.17, 15) is 14.7 Å². The van der Waals surface area contributed by atoms with Crippen molar-refractivity contribution in [2.24, 2.45) is 5.92 Å². The number of fused-ring (bicyclic) bond motifs is 1. The van der Waals surface area contributed by atoms with E-state index in [2.05, 4.69) is 0 Å². The average Bonchev–Trinajstić information content (AvgIpc) is 2.59. The van der Waals surface area contributed by atoms with Crippen LogP contribution in [0.4, 0.5) is 0 Å². The monoisotopic (exact) mass is 346 g/mol. The van der Waals surface area contributed by atoms with Crippen LogP contribution < -0.4 is 5.63 Å². The lowest BCUT2D eigenvalue weighted by atomic mass is 9.87. The summed E-state index contributed by atoms with van der Waals surface area (Å²) in [6.07, 6.45) is 5.95. The van der Waals surface area contributed by atoms with Gasteiger partial charge in [0.05, 0.1) is 16.9 Å². The van der Waals surface area contributed by atoms with E-state index in [1.54, 1.807) is 36.4 Å². The number of aromatic hydroxyl groups is 1. The predicted molar refractivity (Wildman–Crippen MR) is 90.0 cm³/mol. The van der Waals surface area contributed by atoms with E-state index in [-0.39, 0.29) is 23.8 Å². The molecule has 24 heavy (non-hydrogen) atoms. The third-order valence-electron chi connectivity index (χ3n) is 4.01. The number of para-hydroxylation sites is 1. The summed E-state index contributed by atoms with van der Waals surface area (Å²) >= 11 is 5.45. The fourth-order valence-corrected chi connectivity index (χ4v) is 2.90. The molecule has 0 radical (unpaired) electrons. The molecule has 1 aliphatic rings. The first-order chi connectivity index (χ1) is 11.6. The van der Waals surface area contributed by atoms with Crippen molar-refractivity contribution in [3.63, 3.8) is 0 Å². The van der Waals surface area contributed by atoms with Crippen molar-refractivity contribution in [1.29, 1.82) is 0 Å². The van der Waals surface area contributed by atoms with E-state index in [1.807, 2.05) is 6.08 Å². The first kappa shape index (κ1) is 16.3. The van der Waals surface area contributed by atoms with Gasteiger partial charge >= 0.3 is 11.6 Å². The molecule has 0 saturated carbocycles. The summed E-state index contributed by atoms with van der Waals surface area (Å²) in [4.78, 5) is 24.3. The highest BCUT2D eigenvalue weighted by Crippen LogP contribution is 2.31. The molecule has 1 heterocycles. The van der Waals surface area contributed by atoms with Gasteiger partial charge in [-0.15, -0.1) is 0 Å². The summed E-state index contributed by atoms with van der Waals surface area (Å²) in [5.41, 5.74) is 0.495. The van der Waals surface area contributed by atoms with Crippen LogP contribution in [0.2, 0.25) is 0 Å². The molecule has 0 bridgehead atoms. The second kappa shape index (κ2) is 6.93. The summed E-state index contributed by atoms with van der Waals surface area (Å²) in [6.45, 7) is 0. The second-order valence-electron chi connectivity index (χ2n) is 5.42. The summed E-state index contributed by atoms with van der Waals surface area (Å²) in [5.74, 6) is -1.11. The Bertz CT molecular complexity index is 894. The van der Waals surface area contributed by atoms with Crippen molar-refractivity contribution in [1.82, 2.24) is 0 Å². The smallest absolute Gasteiger partial charge is 0.343 e. The summed E-state index contributed by atoms with van der Waals surface area (Å²) < 4.78 is 10.1. The van der Waals surface area contributed by atoms with Crippen molar-refractivity contribution in [3.05, 3.63) is 64.1 Å². The van der Waals surface area contributed by atoms with Gasteiger partial charge in [0.15, 0.2) is 6.07 Å². The van der Waals surface area contributed by atoms with Gasteiger partial charge in [0.1, 0.15) is 11.3 Å². The SMILES string of the molecule is O=C(OCCl)C1CC=CC=C1Cc1c(O)c2ccccc2oc1=O. The van der Waals surface area contributed by atoms with Crippen molar-refractivity contribution in [2.45, 2.75) is 12.8 Å². The minimum atomic E-state index is -0.619. The normalized spacial score (nSPS) is 16.9. The largest absolute Gasteiger partial charge is 0.507 e. The number of halogens is 1. The van der Waals surface area contributed by atoms with E-state index in [4.69, 9.17) is 20.8 Å². The molecule has 1 N–H and O–H groups in total. The maximum absolute atomic E-state index is 12.2. The molecule has 1 aromatic carbocycles. The average molecular weight is 347 g/mol. The third kappa shape index (κ3) is 3.08. The van der Waals surface area contributed by atoms with Gasteiger partial charge in [0.2, 0.25) is 0 Å². The van der Waals surface area contributed by atoms with Gasteiger partial charge in [-0.1, -0.05) is 47.5 Å². The summed E-state index contributed by atoms with van der Waals surface area (Å²) in [5, 5.41) is 10.9. The number of esters is 1. The molecule has 6 heteroatoms. The van der Waals surface area contributed by atoms with Gasteiger partial charge in [-0.25, -0.2) is 4.79 Å². The third-order valence-corrected chi connectivity index (χ3v) is 4.11. The van der Waals surface area contributed by atoms with Crippen LogP contribution in [-0.4, -0.2) is 17.1 Å². The fourth-order valence-electron chi connectivity index (χ4n) is 2.79. The molecule has 5 nitrogen and oxygen atoms in total. The molecule has 0 spiro atoms. The van der Waals surface area contributed by atoms with E-state index in [0.29, 0.717) is 23.0 Å². The standard InChI is InChI=1S/C18H15ClO5/c19-10-23-17(21)12-6-2-1-5-11(12)9-14-16(20)13-7-3-4-8-15(13)24-18(14)22/h1-5,7-8,12,20H,6,9-10H2. The van der Waals surface area contributed by atoms with E-state index < -0.39 is 17.5 Å². The minimum Gasteiger partial charge on any atom is -0.507 e. The van der Waals surface area contributed by atoms with Crippen LogP contribution in [0.5, 0.6) is 5.75 Å². The molecule has 1 unspecified atom stereocenters. The lowest BCUT2D eigenvalue weighted by Crippen LogP contribution is -2.23. The van der Waals surface area contributed by atoms with E-state index in [1.165, 1.54) is 0 Å². The number of ether oxygens (including phenoxy) is 1. The Morgan fingerprint density at radius 3 is 2.96 bits per heavy atom. The number of hydrogen-bond acceptors (Lipinski definition) is 5. The van der Waals surface area contributed by atoms with Crippen molar-refractivity contribution in [2.75, 3.05) is 6.07 Å². The number of carbonyl (C=O) groups excluding carboxylic acids is 1.